The Morgan fingerprint density at radius 3 is 2.58 bits per heavy atom. The Morgan fingerprint density at radius 2 is 2.11 bits per heavy atom. The first-order chi connectivity index (χ1) is 9.04. The summed E-state index contributed by atoms with van der Waals surface area (Å²) in [4.78, 5) is 23.1. The van der Waals surface area contributed by atoms with Crippen LogP contribution in [0.4, 0.5) is 0 Å². The highest BCUT2D eigenvalue weighted by Crippen LogP contribution is 2.25. The number of ether oxygens (including phenoxy) is 1. The molecule has 6 heteroatoms. The van der Waals surface area contributed by atoms with Gasteiger partial charge in [-0.2, -0.15) is 0 Å². The number of morpholine rings is 1. The number of hydrogen-bond donors (Lipinski definition) is 3. The molecule has 19 heavy (non-hydrogen) atoms. The minimum Gasteiger partial charge on any atom is -0.481 e. The number of carbonyl (C=O) groups is 2. The van der Waals surface area contributed by atoms with Crippen molar-refractivity contribution in [3.8, 4) is 0 Å². The van der Waals surface area contributed by atoms with Crippen molar-refractivity contribution in [2.75, 3.05) is 26.3 Å². The molecule has 1 atom stereocenters. The average molecular weight is 272 g/mol. The smallest absolute Gasteiger partial charge is 0.311 e. The SMILES string of the molecule is CCC(CC)(CNC(=O)CC1COCCN1)C(=O)O. The van der Waals surface area contributed by atoms with Gasteiger partial charge in [0.15, 0.2) is 0 Å². The van der Waals surface area contributed by atoms with E-state index in [1.807, 2.05) is 13.8 Å². The first kappa shape index (κ1) is 15.9. The van der Waals surface area contributed by atoms with Gasteiger partial charge in [-0.1, -0.05) is 13.8 Å². The van der Waals surface area contributed by atoms with Gasteiger partial charge in [0.1, 0.15) is 0 Å². The maximum absolute atomic E-state index is 11.8. The number of carboxylic acid groups (broad SMARTS) is 1. The molecule has 3 N–H and O–H groups in total. The summed E-state index contributed by atoms with van der Waals surface area (Å²) in [6.07, 6.45) is 1.33. The van der Waals surface area contributed by atoms with Crippen molar-refractivity contribution in [1.29, 1.82) is 0 Å². The number of hydrogen-bond acceptors (Lipinski definition) is 4. The molecule has 110 valence electrons. The normalized spacial score (nSPS) is 20.0. The number of carbonyl (C=O) groups excluding carboxylic acids is 1. The highest BCUT2D eigenvalue weighted by molar-refractivity contribution is 5.79. The molecule has 1 amide bonds. The van der Waals surface area contributed by atoms with E-state index in [1.54, 1.807) is 0 Å². The molecule has 0 aromatic heterocycles. The fourth-order valence-corrected chi connectivity index (χ4v) is 2.19. The summed E-state index contributed by atoms with van der Waals surface area (Å²) >= 11 is 0. The van der Waals surface area contributed by atoms with Crippen LogP contribution in [0.3, 0.4) is 0 Å². The van der Waals surface area contributed by atoms with E-state index in [0.717, 1.165) is 6.54 Å². The summed E-state index contributed by atoms with van der Waals surface area (Å²) in [5.41, 5.74) is -0.855. The summed E-state index contributed by atoms with van der Waals surface area (Å²) in [6, 6.07) is 0.0243. The number of aliphatic carboxylic acids is 1. The molecule has 0 aliphatic carbocycles. The van der Waals surface area contributed by atoms with Crippen molar-refractivity contribution in [3.05, 3.63) is 0 Å². The fraction of sp³-hybridized carbons (Fsp3) is 0.846. The Hall–Kier alpha value is -1.14. The fourth-order valence-electron chi connectivity index (χ4n) is 2.19. The van der Waals surface area contributed by atoms with Gasteiger partial charge in [0.05, 0.1) is 18.6 Å². The predicted molar refractivity (Wildman–Crippen MR) is 70.9 cm³/mol. The molecular formula is C13H24N2O4. The van der Waals surface area contributed by atoms with Gasteiger partial charge in [-0.3, -0.25) is 9.59 Å². The highest BCUT2D eigenvalue weighted by atomic mass is 16.5. The van der Waals surface area contributed by atoms with Gasteiger partial charge < -0.3 is 20.5 Å². The van der Waals surface area contributed by atoms with E-state index in [1.165, 1.54) is 0 Å². The van der Waals surface area contributed by atoms with Crippen molar-refractivity contribution in [2.45, 2.75) is 39.2 Å². The van der Waals surface area contributed by atoms with Crippen molar-refractivity contribution >= 4 is 11.9 Å². The number of rotatable bonds is 7. The van der Waals surface area contributed by atoms with Crippen molar-refractivity contribution in [1.82, 2.24) is 10.6 Å². The second kappa shape index (κ2) is 7.45. The zero-order valence-electron chi connectivity index (χ0n) is 11.7. The van der Waals surface area contributed by atoms with Crippen molar-refractivity contribution in [2.24, 2.45) is 5.41 Å². The van der Waals surface area contributed by atoms with E-state index >= 15 is 0 Å². The van der Waals surface area contributed by atoms with Crippen LogP contribution in [0, 0.1) is 5.41 Å². The maximum Gasteiger partial charge on any atom is 0.311 e. The Bertz CT molecular complexity index is 310. The highest BCUT2D eigenvalue weighted by Gasteiger charge is 2.35. The third kappa shape index (κ3) is 4.47. The lowest BCUT2D eigenvalue weighted by atomic mass is 9.82. The van der Waals surface area contributed by atoms with Crippen LogP contribution in [0.25, 0.3) is 0 Å². The molecular weight excluding hydrogens is 248 g/mol. The van der Waals surface area contributed by atoms with E-state index < -0.39 is 11.4 Å². The Balaban J connectivity index is 2.41. The summed E-state index contributed by atoms with van der Waals surface area (Å²) in [6.45, 7) is 5.80. The predicted octanol–water partition coefficient (Wildman–Crippen LogP) is 0.372. The van der Waals surface area contributed by atoms with Gasteiger partial charge in [0.2, 0.25) is 5.91 Å². The van der Waals surface area contributed by atoms with Crippen LogP contribution in [-0.2, 0) is 14.3 Å². The van der Waals surface area contributed by atoms with Crippen molar-refractivity contribution in [3.63, 3.8) is 0 Å². The van der Waals surface area contributed by atoms with Crippen LogP contribution in [0.5, 0.6) is 0 Å². The van der Waals surface area contributed by atoms with Crippen LogP contribution in [0.2, 0.25) is 0 Å². The van der Waals surface area contributed by atoms with Gasteiger partial charge >= 0.3 is 5.97 Å². The van der Waals surface area contributed by atoms with E-state index in [2.05, 4.69) is 10.6 Å². The molecule has 1 heterocycles. The molecule has 1 saturated heterocycles. The molecule has 0 saturated carbocycles. The molecule has 1 unspecified atom stereocenters. The molecule has 0 aromatic rings. The molecule has 0 spiro atoms. The first-order valence-electron chi connectivity index (χ1n) is 6.85. The largest absolute Gasteiger partial charge is 0.481 e. The Labute approximate surface area is 113 Å². The van der Waals surface area contributed by atoms with Gasteiger partial charge in [0.25, 0.3) is 0 Å². The summed E-state index contributed by atoms with van der Waals surface area (Å²) in [7, 11) is 0. The lowest BCUT2D eigenvalue weighted by Crippen LogP contribution is -2.47. The van der Waals surface area contributed by atoms with Crippen LogP contribution in [0.1, 0.15) is 33.1 Å². The van der Waals surface area contributed by atoms with Crippen LogP contribution >= 0.6 is 0 Å². The topological polar surface area (TPSA) is 87.7 Å². The number of carboxylic acids is 1. The minimum absolute atomic E-state index is 0.0243. The molecule has 1 aliphatic heterocycles. The van der Waals surface area contributed by atoms with E-state index in [-0.39, 0.29) is 18.5 Å². The Kier molecular flexibility index (Phi) is 6.24. The molecule has 0 aromatic carbocycles. The molecule has 1 rings (SSSR count). The molecule has 0 bridgehead atoms. The zero-order chi connectivity index (χ0) is 14.3. The third-order valence-electron chi connectivity index (χ3n) is 3.86. The number of nitrogens with one attached hydrogen (secondary N) is 2. The minimum atomic E-state index is -0.855. The number of amides is 1. The second-order valence-electron chi connectivity index (χ2n) is 5.00. The summed E-state index contributed by atoms with van der Waals surface area (Å²) in [5.74, 6) is -0.979. The Morgan fingerprint density at radius 1 is 1.42 bits per heavy atom. The van der Waals surface area contributed by atoms with Crippen molar-refractivity contribution < 1.29 is 19.4 Å². The van der Waals surface area contributed by atoms with E-state index in [0.29, 0.717) is 32.5 Å². The van der Waals surface area contributed by atoms with Crippen LogP contribution in [-0.4, -0.2) is 49.3 Å². The molecule has 1 fully saturated rings. The van der Waals surface area contributed by atoms with Gasteiger partial charge in [-0.15, -0.1) is 0 Å². The van der Waals surface area contributed by atoms with Gasteiger partial charge in [0, 0.05) is 25.6 Å². The monoisotopic (exact) mass is 272 g/mol. The summed E-state index contributed by atoms with van der Waals surface area (Å²) < 4.78 is 5.27. The zero-order valence-corrected chi connectivity index (χ0v) is 11.7. The van der Waals surface area contributed by atoms with E-state index in [9.17, 15) is 14.7 Å². The van der Waals surface area contributed by atoms with Gasteiger partial charge in [-0.25, -0.2) is 0 Å². The summed E-state index contributed by atoms with van der Waals surface area (Å²) in [5, 5.41) is 15.2. The maximum atomic E-state index is 11.8. The van der Waals surface area contributed by atoms with Crippen LogP contribution in [0.15, 0.2) is 0 Å². The standard InChI is InChI=1S/C13H24N2O4/c1-3-13(4-2,12(17)18)9-15-11(16)7-10-8-19-6-5-14-10/h10,14H,3-9H2,1-2H3,(H,15,16)(H,17,18). The first-order valence-corrected chi connectivity index (χ1v) is 6.85. The molecule has 6 nitrogen and oxygen atoms in total. The van der Waals surface area contributed by atoms with E-state index in [4.69, 9.17) is 4.74 Å². The second-order valence-corrected chi connectivity index (χ2v) is 5.00. The molecule has 1 aliphatic rings. The van der Waals surface area contributed by atoms with Gasteiger partial charge in [-0.05, 0) is 12.8 Å². The average Bonchev–Trinajstić information content (AvgIpc) is 2.41. The lowest BCUT2D eigenvalue weighted by Gasteiger charge is -2.28. The molecule has 0 radical (unpaired) electrons. The van der Waals surface area contributed by atoms with Crippen LogP contribution < -0.4 is 10.6 Å². The lowest BCUT2D eigenvalue weighted by molar-refractivity contribution is -0.149. The third-order valence-corrected chi connectivity index (χ3v) is 3.86. The quantitative estimate of drug-likeness (QED) is 0.623.